The number of carbonyl (C=O) groups is 1. The minimum atomic E-state index is -0.102. The van der Waals surface area contributed by atoms with Gasteiger partial charge in [0.25, 0.3) is 0 Å². The zero-order valence-corrected chi connectivity index (χ0v) is 14.0. The minimum Gasteiger partial charge on any atom is -0.297 e. The Morgan fingerprint density at radius 2 is 1.83 bits per heavy atom. The molecule has 0 aliphatic heterocycles. The molecule has 0 spiro atoms. The van der Waals surface area contributed by atoms with Crippen molar-refractivity contribution in [3.63, 3.8) is 0 Å². The van der Waals surface area contributed by atoms with Crippen molar-refractivity contribution in [1.82, 2.24) is 20.0 Å². The van der Waals surface area contributed by atoms with Crippen LogP contribution in [0.2, 0.25) is 0 Å². The van der Waals surface area contributed by atoms with Crippen LogP contribution in [0.15, 0.2) is 48.7 Å². The van der Waals surface area contributed by atoms with Crippen LogP contribution < -0.4 is 4.90 Å². The minimum absolute atomic E-state index is 0.102. The number of amides is 1. The second kappa shape index (κ2) is 6.62. The molecule has 2 aromatic heterocycles. The molecule has 0 saturated carbocycles. The van der Waals surface area contributed by atoms with Crippen LogP contribution in [-0.4, -0.2) is 32.9 Å². The zero-order valence-electron chi connectivity index (χ0n) is 14.0. The predicted molar refractivity (Wildman–Crippen MR) is 92.6 cm³/mol. The quantitative estimate of drug-likeness (QED) is 0.741. The van der Waals surface area contributed by atoms with Gasteiger partial charge in [0.15, 0.2) is 5.82 Å². The van der Waals surface area contributed by atoms with Crippen LogP contribution >= 0.6 is 0 Å². The van der Waals surface area contributed by atoms with Gasteiger partial charge in [-0.1, -0.05) is 30.3 Å². The van der Waals surface area contributed by atoms with E-state index in [1.165, 1.54) is 4.90 Å². The molecule has 3 rings (SSSR count). The van der Waals surface area contributed by atoms with Crippen molar-refractivity contribution in [1.29, 1.82) is 0 Å². The van der Waals surface area contributed by atoms with Crippen LogP contribution in [0.3, 0.4) is 0 Å². The molecule has 6 nitrogen and oxygen atoms in total. The Kier molecular flexibility index (Phi) is 4.37. The van der Waals surface area contributed by atoms with Gasteiger partial charge in [-0.15, -0.1) is 5.10 Å². The molecule has 0 aliphatic rings. The lowest BCUT2D eigenvalue weighted by Crippen LogP contribution is -2.31. The number of aromatic nitrogens is 4. The van der Waals surface area contributed by atoms with Crippen molar-refractivity contribution in [3.8, 4) is 11.1 Å². The first kappa shape index (κ1) is 15.9. The topological polar surface area (TPSA) is 63.9 Å². The summed E-state index contributed by atoms with van der Waals surface area (Å²) in [6, 6.07) is 13.6. The lowest BCUT2D eigenvalue weighted by atomic mass is 10.1. The molecule has 0 fully saturated rings. The number of anilines is 1. The van der Waals surface area contributed by atoms with Crippen LogP contribution in [-0.2, 0) is 11.3 Å². The van der Waals surface area contributed by atoms with E-state index in [2.05, 4.69) is 15.3 Å². The highest BCUT2D eigenvalue weighted by Crippen LogP contribution is 2.22. The smallest absolute Gasteiger partial charge is 0.249 e. The first-order chi connectivity index (χ1) is 11.5. The van der Waals surface area contributed by atoms with Crippen molar-refractivity contribution >= 4 is 11.7 Å². The van der Waals surface area contributed by atoms with Gasteiger partial charge in [0.1, 0.15) is 6.54 Å². The van der Waals surface area contributed by atoms with Crippen LogP contribution in [0.4, 0.5) is 5.82 Å². The summed E-state index contributed by atoms with van der Waals surface area (Å²) >= 11 is 0. The summed E-state index contributed by atoms with van der Waals surface area (Å²) in [4.78, 5) is 13.9. The fraction of sp³-hybridized carbons (Fsp3) is 0.222. The number of aryl methyl sites for hydroxylation is 2. The summed E-state index contributed by atoms with van der Waals surface area (Å²) in [7, 11) is 1.69. The Balaban J connectivity index is 1.76. The second-order valence-corrected chi connectivity index (χ2v) is 5.68. The monoisotopic (exact) mass is 321 g/mol. The molecule has 0 N–H and O–H groups in total. The molecule has 2 heterocycles. The van der Waals surface area contributed by atoms with Crippen molar-refractivity contribution < 1.29 is 4.79 Å². The van der Waals surface area contributed by atoms with E-state index >= 15 is 0 Å². The van der Waals surface area contributed by atoms with Gasteiger partial charge in [-0.3, -0.25) is 14.4 Å². The van der Waals surface area contributed by atoms with Crippen molar-refractivity contribution in [2.45, 2.75) is 20.4 Å². The van der Waals surface area contributed by atoms with Gasteiger partial charge in [0.05, 0.1) is 11.4 Å². The summed E-state index contributed by atoms with van der Waals surface area (Å²) in [5.74, 6) is 0.424. The third-order valence-corrected chi connectivity index (χ3v) is 3.83. The maximum Gasteiger partial charge on any atom is 0.249 e. The number of nitrogens with zero attached hydrogens (tertiary/aromatic N) is 5. The number of hydrogen-bond acceptors (Lipinski definition) is 4. The van der Waals surface area contributed by atoms with Gasteiger partial charge in [0, 0.05) is 18.8 Å². The average Bonchev–Trinajstić information content (AvgIpc) is 2.96. The van der Waals surface area contributed by atoms with E-state index in [1.807, 2.05) is 56.4 Å². The SMILES string of the molecule is Cc1ccc(N(C)C(=O)Cn2cc(-c3ccccc3)c(C)n2)nn1. The Labute approximate surface area is 140 Å². The molecule has 0 saturated heterocycles. The zero-order chi connectivity index (χ0) is 17.1. The fourth-order valence-electron chi connectivity index (χ4n) is 2.44. The highest BCUT2D eigenvalue weighted by Gasteiger charge is 2.15. The Bertz CT molecular complexity index is 840. The van der Waals surface area contributed by atoms with E-state index in [4.69, 9.17) is 0 Å². The third kappa shape index (κ3) is 3.32. The lowest BCUT2D eigenvalue weighted by Gasteiger charge is -2.15. The summed E-state index contributed by atoms with van der Waals surface area (Å²) in [5, 5.41) is 12.5. The molecule has 24 heavy (non-hydrogen) atoms. The average molecular weight is 321 g/mol. The summed E-state index contributed by atoms with van der Waals surface area (Å²) in [6.07, 6.45) is 1.90. The van der Waals surface area contributed by atoms with E-state index in [0.29, 0.717) is 5.82 Å². The summed E-state index contributed by atoms with van der Waals surface area (Å²) < 4.78 is 1.66. The van der Waals surface area contributed by atoms with E-state index in [-0.39, 0.29) is 12.5 Å². The van der Waals surface area contributed by atoms with Crippen LogP contribution in [0.1, 0.15) is 11.4 Å². The fourth-order valence-corrected chi connectivity index (χ4v) is 2.44. The molecule has 1 aromatic carbocycles. The number of carbonyl (C=O) groups excluding carboxylic acids is 1. The van der Waals surface area contributed by atoms with Crippen molar-refractivity contribution in [2.75, 3.05) is 11.9 Å². The largest absolute Gasteiger partial charge is 0.297 e. The predicted octanol–water partition coefficient (Wildman–Crippen LogP) is 2.62. The van der Waals surface area contributed by atoms with Crippen LogP contribution in [0.25, 0.3) is 11.1 Å². The molecular formula is C18H19N5O. The number of likely N-dealkylation sites (N-methyl/N-ethyl adjacent to an activating group) is 1. The highest BCUT2D eigenvalue weighted by molar-refractivity contribution is 5.91. The molecule has 6 heteroatoms. The second-order valence-electron chi connectivity index (χ2n) is 5.68. The molecule has 3 aromatic rings. The molecular weight excluding hydrogens is 302 g/mol. The standard InChI is InChI=1S/C18H19N5O/c1-13-9-10-17(20-19-13)22(3)18(24)12-23-11-16(14(2)21-23)15-7-5-4-6-8-15/h4-11H,12H2,1-3H3. The molecule has 0 atom stereocenters. The first-order valence-electron chi connectivity index (χ1n) is 7.71. The van der Waals surface area contributed by atoms with E-state index in [1.54, 1.807) is 17.8 Å². The summed E-state index contributed by atoms with van der Waals surface area (Å²) in [6.45, 7) is 3.95. The Morgan fingerprint density at radius 1 is 1.08 bits per heavy atom. The molecule has 0 aliphatic carbocycles. The van der Waals surface area contributed by atoms with Crippen molar-refractivity contribution in [3.05, 3.63) is 60.0 Å². The number of hydrogen-bond donors (Lipinski definition) is 0. The van der Waals surface area contributed by atoms with E-state index < -0.39 is 0 Å². The van der Waals surface area contributed by atoms with Gasteiger partial charge in [-0.2, -0.15) is 10.2 Å². The first-order valence-corrected chi connectivity index (χ1v) is 7.71. The van der Waals surface area contributed by atoms with Crippen LogP contribution in [0, 0.1) is 13.8 Å². The molecule has 0 bridgehead atoms. The van der Waals surface area contributed by atoms with Gasteiger partial charge in [-0.05, 0) is 31.5 Å². The Hall–Kier alpha value is -3.02. The van der Waals surface area contributed by atoms with Gasteiger partial charge >= 0.3 is 0 Å². The van der Waals surface area contributed by atoms with Gasteiger partial charge < -0.3 is 0 Å². The molecule has 1 amide bonds. The van der Waals surface area contributed by atoms with Crippen molar-refractivity contribution in [2.24, 2.45) is 0 Å². The maximum absolute atomic E-state index is 12.5. The number of benzene rings is 1. The third-order valence-electron chi connectivity index (χ3n) is 3.83. The van der Waals surface area contributed by atoms with E-state index in [9.17, 15) is 4.79 Å². The summed E-state index contributed by atoms with van der Waals surface area (Å²) in [5.41, 5.74) is 3.83. The lowest BCUT2D eigenvalue weighted by molar-refractivity contribution is -0.119. The Morgan fingerprint density at radius 3 is 2.50 bits per heavy atom. The molecule has 0 unspecified atom stereocenters. The van der Waals surface area contributed by atoms with Gasteiger partial charge in [0.2, 0.25) is 5.91 Å². The normalized spacial score (nSPS) is 10.6. The van der Waals surface area contributed by atoms with Crippen LogP contribution in [0.5, 0.6) is 0 Å². The maximum atomic E-state index is 12.5. The highest BCUT2D eigenvalue weighted by atomic mass is 16.2. The molecule has 0 radical (unpaired) electrons. The molecule has 122 valence electrons. The van der Waals surface area contributed by atoms with E-state index in [0.717, 1.165) is 22.5 Å². The van der Waals surface area contributed by atoms with Gasteiger partial charge in [-0.25, -0.2) is 0 Å². The number of rotatable bonds is 4.